The monoisotopic (exact) mass is 299 g/mol. The molecule has 1 aromatic carbocycles. The predicted octanol–water partition coefficient (Wildman–Crippen LogP) is 1.61. The second-order valence-electron chi connectivity index (χ2n) is 4.79. The first-order valence-electron chi connectivity index (χ1n) is 5.96. The summed E-state index contributed by atoms with van der Waals surface area (Å²) in [4.78, 5) is 22.3. The summed E-state index contributed by atoms with van der Waals surface area (Å²) in [6.45, 7) is 2.23. The van der Waals surface area contributed by atoms with Crippen LogP contribution >= 0.6 is 11.6 Å². The van der Waals surface area contributed by atoms with Gasteiger partial charge in [0.25, 0.3) is 5.69 Å². The standard InChI is InChI=1S/C12H14ClN3O4/c1-7-4-10(16(18)19)8(13)5-9(7)15-11(17)12(14)2-3-20-6-12/h4-5H,2-3,6,14H2,1H3,(H,15,17). The van der Waals surface area contributed by atoms with Crippen molar-refractivity contribution in [3.05, 3.63) is 32.8 Å². The molecule has 1 aliphatic heterocycles. The smallest absolute Gasteiger partial charge is 0.288 e. The number of nitrogens with zero attached hydrogens (tertiary/aromatic N) is 1. The number of carbonyl (C=O) groups excluding carboxylic acids is 1. The number of ether oxygens (including phenoxy) is 1. The molecular formula is C12H14ClN3O4. The van der Waals surface area contributed by atoms with Crippen LogP contribution in [0, 0.1) is 17.0 Å². The minimum Gasteiger partial charge on any atom is -0.379 e. The maximum Gasteiger partial charge on any atom is 0.288 e. The summed E-state index contributed by atoms with van der Waals surface area (Å²) in [6, 6.07) is 2.67. The molecule has 1 aromatic rings. The number of nitro benzene ring substituents is 1. The molecule has 1 atom stereocenters. The van der Waals surface area contributed by atoms with E-state index in [1.165, 1.54) is 12.1 Å². The van der Waals surface area contributed by atoms with Gasteiger partial charge in [0.1, 0.15) is 10.6 Å². The lowest BCUT2D eigenvalue weighted by Crippen LogP contribution is -2.51. The van der Waals surface area contributed by atoms with Gasteiger partial charge in [0.05, 0.1) is 11.5 Å². The van der Waals surface area contributed by atoms with Crippen molar-refractivity contribution in [1.82, 2.24) is 0 Å². The maximum absolute atomic E-state index is 12.1. The molecule has 1 fully saturated rings. The molecule has 3 N–H and O–H groups in total. The molecule has 0 spiro atoms. The van der Waals surface area contributed by atoms with Gasteiger partial charge in [-0.05, 0) is 25.0 Å². The Morgan fingerprint density at radius 2 is 2.30 bits per heavy atom. The summed E-state index contributed by atoms with van der Waals surface area (Å²) in [5.74, 6) is -0.386. The summed E-state index contributed by atoms with van der Waals surface area (Å²) < 4.78 is 5.12. The van der Waals surface area contributed by atoms with Crippen molar-refractivity contribution in [2.24, 2.45) is 5.73 Å². The number of halogens is 1. The highest BCUT2D eigenvalue weighted by Gasteiger charge is 2.38. The molecule has 108 valence electrons. The van der Waals surface area contributed by atoms with Crippen LogP contribution < -0.4 is 11.1 Å². The highest BCUT2D eigenvalue weighted by Crippen LogP contribution is 2.31. The fourth-order valence-corrected chi connectivity index (χ4v) is 2.18. The van der Waals surface area contributed by atoms with Gasteiger partial charge in [0.15, 0.2) is 0 Å². The fraction of sp³-hybridized carbons (Fsp3) is 0.417. The Hall–Kier alpha value is -1.70. The quantitative estimate of drug-likeness (QED) is 0.651. The summed E-state index contributed by atoms with van der Waals surface area (Å²) >= 11 is 5.83. The van der Waals surface area contributed by atoms with E-state index in [9.17, 15) is 14.9 Å². The van der Waals surface area contributed by atoms with Crippen LogP contribution in [-0.4, -0.2) is 29.6 Å². The van der Waals surface area contributed by atoms with E-state index in [0.29, 0.717) is 24.3 Å². The van der Waals surface area contributed by atoms with Gasteiger partial charge in [0.2, 0.25) is 5.91 Å². The third-order valence-electron chi connectivity index (χ3n) is 3.24. The Kier molecular flexibility index (Phi) is 3.94. The second kappa shape index (κ2) is 5.35. The van der Waals surface area contributed by atoms with E-state index in [-0.39, 0.29) is 23.2 Å². The first kappa shape index (κ1) is 14.7. The van der Waals surface area contributed by atoms with E-state index in [0.717, 1.165) is 0 Å². The number of rotatable bonds is 3. The number of anilines is 1. The van der Waals surface area contributed by atoms with E-state index >= 15 is 0 Å². The third kappa shape index (κ3) is 2.74. The number of hydrogen-bond acceptors (Lipinski definition) is 5. The fourth-order valence-electron chi connectivity index (χ4n) is 1.95. The van der Waals surface area contributed by atoms with Crippen molar-refractivity contribution in [1.29, 1.82) is 0 Å². The van der Waals surface area contributed by atoms with Gasteiger partial charge >= 0.3 is 0 Å². The van der Waals surface area contributed by atoms with Crippen LogP contribution in [0.15, 0.2) is 12.1 Å². The molecular weight excluding hydrogens is 286 g/mol. The lowest BCUT2D eigenvalue weighted by Gasteiger charge is -2.21. The average molecular weight is 300 g/mol. The average Bonchev–Trinajstić information content (AvgIpc) is 2.81. The summed E-state index contributed by atoms with van der Waals surface area (Å²) in [5, 5.41) is 13.4. The summed E-state index contributed by atoms with van der Waals surface area (Å²) in [5.41, 5.74) is 5.61. The number of aryl methyl sites for hydroxylation is 1. The zero-order valence-corrected chi connectivity index (χ0v) is 11.6. The topological polar surface area (TPSA) is 107 Å². The van der Waals surface area contributed by atoms with E-state index < -0.39 is 10.5 Å². The van der Waals surface area contributed by atoms with Crippen LogP contribution in [0.2, 0.25) is 5.02 Å². The lowest BCUT2D eigenvalue weighted by atomic mass is 9.99. The molecule has 0 bridgehead atoms. The minimum absolute atomic E-state index is 0.0374. The molecule has 2 rings (SSSR count). The zero-order chi connectivity index (χ0) is 14.9. The van der Waals surface area contributed by atoms with Crippen LogP contribution in [-0.2, 0) is 9.53 Å². The Balaban J connectivity index is 2.24. The third-order valence-corrected chi connectivity index (χ3v) is 3.55. The zero-order valence-electron chi connectivity index (χ0n) is 10.8. The Morgan fingerprint density at radius 3 is 2.85 bits per heavy atom. The van der Waals surface area contributed by atoms with Crippen molar-refractivity contribution in [3.63, 3.8) is 0 Å². The second-order valence-corrected chi connectivity index (χ2v) is 5.20. The SMILES string of the molecule is Cc1cc([N+](=O)[O-])c(Cl)cc1NC(=O)C1(N)CCOC1. The number of nitro groups is 1. The largest absolute Gasteiger partial charge is 0.379 e. The van der Waals surface area contributed by atoms with Crippen molar-refractivity contribution in [3.8, 4) is 0 Å². The van der Waals surface area contributed by atoms with Crippen LogP contribution in [0.4, 0.5) is 11.4 Å². The van der Waals surface area contributed by atoms with E-state index in [2.05, 4.69) is 5.32 Å². The maximum atomic E-state index is 12.1. The van der Waals surface area contributed by atoms with Crippen LogP contribution in [0.25, 0.3) is 0 Å². The van der Waals surface area contributed by atoms with Gasteiger partial charge in [-0.2, -0.15) is 0 Å². The van der Waals surface area contributed by atoms with Crippen molar-refractivity contribution < 1.29 is 14.5 Å². The van der Waals surface area contributed by atoms with Gasteiger partial charge in [-0.25, -0.2) is 0 Å². The Morgan fingerprint density at radius 1 is 1.60 bits per heavy atom. The van der Waals surface area contributed by atoms with E-state index in [1.807, 2.05) is 0 Å². The molecule has 0 aliphatic carbocycles. The van der Waals surface area contributed by atoms with Gasteiger partial charge < -0.3 is 15.8 Å². The first-order chi connectivity index (χ1) is 9.33. The highest BCUT2D eigenvalue weighted by molar-refractivity contribution is 6.33. The molecule has 7 nitrogen and oxygen atoms in total. The lowest BCUT2D eigenvalue weighted by molar-refractivity contribution is -0.384. The normalized spacial score (nSPS) is 21.8. The van der Waals surface area contributed by atoms with Crippen LogP contribution in [0.5, 0.6) is 0 Å². The van der Waals surface area contributed by atoms with E-state index in [4.69, 9.17) is 22.1 Å². The van der Waals surface area contributed by atoms with Crippen molar-refractivity contribution in [2.45, 2.75) is 18.9 Å². The van der Waals surface area contributed by atoms with Gasteiger partial charge in [0, 0.05) is 18.4 Å². The van der Waals surface area contributed by atoms with Crippen molar-refractivity contribution >= 4 is 28.9 Å². The molecule has 1 unspecified atom stereocenters. The molecule has 1 aliphatic rings. The molecule has 0 radical (unpaired) electrons. The molecule has 1 amide bonds. The number of benzene rings is 1. The van der Waals surface area contributed by atoms with Crippen molar-refractivity contribution in [2.75, 3.05) is 18.5 Å². The number of hydrogen-bond donors (Lipinski definition) is 2. The molecule has 20 heavy (non-hydrogen) atoms. The first-order valence-corrected chi connectivity index (χ1v) is 6.34. The molecule has 0 aromatic heterocycles. The summed E-state index contributed by atoms with van der Waals surface area (Å²) in [7, 11) is 0. The Bertz CT molecular complexity index is 570. The summed E-state index contributed by atoms with van der Waals surface area (Å²) in [6.07, 6.45) is 0.429. The van der Waals surface area contributed by atoms with Crippen LogP contribution in [0.3, 0.4) is 0 Å². The number of nitrogens with two attached hydrogens (primary N) is 1. The Labute approximate surface area is 120 Å². The predicted molar refractivity (Wildman–Crippen MR) is 73.8 cm³/mol. The molecule has 1 saturated heterocycles. The number of carbonyl (C=O) groups is 1. The molecule has 0 saturated carbocycles. The number of nitrogens with one attached hydrogen (secondary N) is 1. The minimum atomic E-state index is -1.07. The van der Waals surface area contributed by atoms with Gasteiger partial charge in [-0.1, -0.05) is 11.6 Å². The molecule has 1 heterocycles. The van der Waals surface area contributed by atoms with Gasteiger partial charge in [-0.15, -0.1) is 0 Å². The molecule has 8 heteroatoms. The number of amides is 1. The van der Waals surface area contributed by atoms with E-state index in [1.54, 1.807) is 6.92 Å². The highest BCUT2D eigenvalue weighted by atomic mass is 35.5. The van der Waals surface area contributed by atoms with Gasteiger partial charge in [-0.3, -0.25) is 14.9 Å². The van der Waals surface area contributed by atoms with Crippen LogP contribution in [0.1, 0.15) is 12.0 Å².